The predicted octanol–water partition coefficient (Wildman–Crippen LogP) is 0.933. The van der Waals surface area contributed by atoms with Crippen LogP contribution in [-0.4, -0.2) is 14.6 Å². The molecule has 2 aromatic heterocycles. The molecule has 0 aromatic carbocycles. The van der Waals surface area contributed by atoms with Gasteiger partial charge in [-0.05, 0) is 24.5 Å². The van der Waals surface area contributed by atoms with E-state index in [1.54, 1.807) is 6.07 Å². The van der Waals surface area contributed by atoms with E-state index < -0.39 is 11.9 Å². The fourth-order valence-electron chi connectivity index (χ4n) is 1.43. The Balaban J connectivity index is 2.45. The maximum absolute atomic E-state index is 13.6. The highest BCUT2D eigenvalue weighted by Gasteiger charge is 2.20. The van der Waals surface area contributed by atoms with Crippen molar-refractivity contribution in [2.75, 3.05) is 0 Å². The number of pyridine rings is 1. The van der Waals surface area contributed by atoms with Crippen molar-refractivity contribution in [2.24, 2.45) is 5.84 Å². The molecule has 0 amide bonds. The average molecular weight is 239 g/mol. The zero-order valence-corrected chi connectivity index (χ0v) is 9.33. The van der Waals surface area contributed by atoms with E-state index in [0.29, 0.717) is 5.56 Å². The Morgan fingerprint density at radius 2 is 2.38 bits per heavy atom. The van der Waals surface area contributed by atoms with E-state index in [2.05, 4.69) is 20.0 Å². The van der Waals surface area contributed by atoms with Gasteiger partial charge in [-0.1, -0.05) is 4.49 Å². The second kappa shape index (κ2) is 4.60. The van der Waals surface area contributed by atoms with Gasteiger partial charge in [-0.3, -0.25) is 10.8 Å². The van der Waals surface area contributed by atoms with E-state index in [9.17, 15) is 4.39 Å². The van der Waals surface area contributed by atoms with E-state index in [-0.39, 0.29) is 0 Å². The smallest absolute Gasteiger partial charge is 0.146 e. The fourth-order valence-corrected chi connectivity index (χ4v) is 2.15. The van der Waals surface area contributed by atoms with Gasteiger partial charge in [0.05, 0.1) is 22.8 Å². The SMILES string of the molecule is Cc1nnsc1C(NN)c1ccncc1F. The van der Waals surface area contributed by atoms with Crippen LogP contribution in [0.1, 0.15) is 22.2 Å². The van der Waals surface area contributed by atoms with Gasteiger partial charge >= 0.3 is 0 Å². The maximum atomic E-state index is 13.6. The number of rotatable bonds is 3. The van der Waals surface area contributed by atoms with Crippen molar-refractivity contribution < 1.29 is 4.39 Å². The summed E-state index contributed by atoms with van der Waals surface area (Å²) in [4.78, 5) is 4.49. The summed E-state index contributed by atoms with van der Waals surface area (Å²) in [5.74, 6) is 5.04. The number of nitrogens with zero attached hydrogens (tertiary/aromatic N) is 3. The van der Waals surface area contributed by atoms with E-state index in [4.69, 9.17) is 5.84 Å². The lowest BCUT2D eigenvalue weighted by molar-refractivity contribution is 0.558. The third-order valence-corrected chi connectivity index (χ3v) is 3.12. The van der Waals surface area contributed by atoms with Crippen LogP contribution in [-0.2, 0) is 0 Å². The van der Waals surface area contributed by atoms with Crippen molar-refractivity contribution in [2.45, 2.75) is 13.0 Å². The third-order valence-electron chi connectivity index (χ3n) is 2.23. The zero-order chi connectivity index (χ0) is 11.5. The number of aryl methyl sites for hydroxylation is 1. The molecule has 0 fully saturated rings. The molecule has 3 N–H and O–H groups in total. The minimum Gasteiger partial charge on any atom is -0.271 e. The van der Waals surface area contributed by atoms with Gasteiger partial charge in [0.2, 0.25) is 0 Å². The number of aromatic nitrogens is 3. The van der Waals surface area contributed by atoms with Gasteiger partial charge in [0, 0.05) is 11.8 Å². The molecule has 84 valence electrons. The van der Waals surface area contributed by atoms with Crippen LogP contribution in [0.15, 0.2) is 18.5 Å². The molecule has 0 spiro atoms. The molecule has 0 saturated carbocycles. The Labute approximate surface area is 95.7 Å². The van der Waals surface area contributed by atoms with Crippen molar-refractivity contribution in [1.29, 1.82) is 0 Å². The van der Waals surface area contributed by atoms with Crippen molar-refractivity contribution in [3.8, 4) is 0 Å². The molecule has 2 heterocycles. The number of halogens is 1. The van der Waals surface area contributed by atoms with Gasteiger partial charge in [0.1, 0.15) is 5.82 Å². The van der Waals surface area contributed by atoms with Crippen molar-refractivity contribution in [1.82, 2.24) is 20.0 Å². The molecule has 1 atom stereocenters. The average Bonchev–Trinajstić information content (AvgIpc) is 2.69. The summed E-state index contributed by atoms with van der Waals surface area (Å²) in [7, 11) is 0. The van der Waals surface area contributed by atoms with E-state index in [0.717, 1.165) is 16.8 Å². The van der Waals surface area contributed by atoms with Gasteiger partial charge in [-0.15, -0.1) is 5.10 Å². The summed E-state index contributed by atoms with van der Waals surface area (Å²) in [6.45, 7) is 1.81. The van der Waals surface area contributed by atoms with Gasteiger partial charge in [0.15, 0.2) is 0 Å². The van der Waals surface area contributed by atoms with E-state index in [1.807, 2.05) is 6.92 Å². The Morgan fingerprint density at radius 3 is 2.94 bits per heavy atom. The molecule has 0 radical (unpaired) electrons. The lowest BCUT2D eigenvalue weighted by Gasteiger charge is -2.14. The largest absolute Gasteiger partial charge is 0.271 e. The van der Waals surface area contributed by atoms with Crippen LogP contribution in [0.2, 0.25) is 0 Å². The summed E-state index contributed by atoms with van der Waals surface area (Å²) in [6, 6.07) is 1.14. The van der Waals surface area contributed by atoms with Crippen LogP contribution in [0.25, 0.3) is 0 Å². The summed E-state index contributed by atoms with van der Waals surface area (Å²) in [5.41, 5.74) is 3.74. The Morgan fingerprint density at radius 1 is 1.56 bits per heavy atom. The number of hydrogen-bond donors (Lipinski definition) is 2. The Kier molecular flexibility index (Phi) is 3.18. The monoisotopic (exact) mass is 239 g/mol. The van der Waals surface area contributed by atoms with Gasteiger partial charge in [-0.2, -0.15) is 0 Å². The molecule has 0 aliphatic carbocycles. The summed E-state index contributed by atoms with van der Waals surface area (Å²) < 4.78 is 17.4. The topological polar surface area (TPSA) is 76.7 Å². The lowest BCUT2D eigenvalue weighted by Crippen LogP contribution is -2.29. The highest BCUT2D eigenvalue weighted by atomic mass is 32.1. The first-order valence-corrected chi connectivity index (χ1v) is 5.35. The van der Waals surface area contributed by atoms with Crippen LogP contribution in [0, 0.1) is 12.7 Å². The number of nitrogens with one attached hydrogen (secondary N) is 1. The molecule has 2 aromatic rings. The van der Waals surface area contributed by atoms with Gasteiger partial charge in [-0.25, -0.2) is 9.82 Å². The molecule has 0 bridgehead atoms. The molecule has 0 aliphatic heterocycles. The number of hydrazine groups is 1. The molecule has 0 aliphatic rings. The minimum absolute atomic E-state index is 0.404. The van der Waals surface area contributed by atoms with Crippen molar-refractivity contribution >= 4 is 11.5 Å². The Hall–Kier alpha value is -1.44. The second-order valence-corrected chi connectivity index (χ2v) is 4.01. The molecule has 16 heavy (non-hydrogen) atoms. The zero-order valence-electron chi connectivity index (χ0n) is 8.51. The molecule has 2 rings (SSSR count). The molecular weight excluding hydrogens is 229 g/mol. The number of hydrogen-bond acceptors (Lipinski definition) is 6. The molecule has 1 unspecified atom stereocenters. The third kappa shape index (κ3) is 1.92. The van der Waals surface area contributed by atoms with Crippen LogP contribution < -0.4 is 11.3 Å². The standard InChI is InChI=1S/C9H10FN5S/c1-5-9(16-15-14-5)8(13-11)6-2-3-12-4-7(6)10/h2-4,8,13H,11H2,1H3. The maximum Gasteiger partial charge on any atom is 0.146 e. The normalized spacial score (nSPS) is 12.7. The summed E-state index contributed by atoms with van der Waals surface area (Å²) in [5, 5.41) is 3.88. The highest BCUT2D eigenvalue weighted by molar-refractivity contribution is 7.05. The molecule has 5 nitrogen and oxygen atoms in total. The van der Waals surface area contributed by atoms with Crippen LogP contribution in [0.5, 0.6) is 0 Å². The van der Waals surface area contributed by atoms with Crippen LogP contribution >= 0.6 is 11.5 Å². The highest BCUT2D eigenvalue weighted by Crippen LogP contribution is 2.27. The van der Waals surface area contributed by atoms with Crippen LogP contribution in [0.3, 0.4) is 0 Å². The van der Waals surface area contributed by atoms with E-state index in [1.165, 1.54) is 17.7 Å². The quantitative estimate of drug-likeness (QED) is 0.615. The predicted molar refractivity (Wildman–Crippen MR) is 58.0 cm³/mol. The lowest BCUT2D eigenvalue weighted by atomic mass is 10.1. The van der Waals surface area contributed by atoms with Crippen LogP contribution in [0.4, 0.5) is 4.39 Å². The fraction of sp³-hybridized carbons (Fsp3) is 0.222. The second-order valence-electron chi connectivity index (χ2n) is 3.22. The summed E-state index contributed by atoms with van der Waals surface area (Å²) >= 11 is 1.20. The molecule has 0 saturated heterocycles. The van der Waals surface area contributed by atoms with Gasteiger partial charge in [0.25, 0.3) is 0 Å². The van der Waals surface area contributed by atoms with E-state index >= 15 is 0 Å². The first-order chi connectivity index (χ1) is 7.74. The van der Waals surface area contributed by atoms with Crippen molar-refractivity contribution in [3.05, 3.63) is 40.4 Å². The summed E-state index contributed by atoms with van der Waals surface area (Å²) in [6.07, 6.45) is 2.68. The Bertz CT molecular complexity index is 486. The molecular formula is C9H10FN5S. The first kappa shape index (κ1) is 11.1. The first-order valence-electron chi connectivity index (χ1n) is 4.58. The minimum atomic E-state index is -0.442. The number of nitrogens with two attached hydrogens (primary N) is 1. The molecule has 7 heteroatoms. The van der Waals surface area contributed by atoms with Crippen molar-refractivity contribution in [3.63, 3.8) is 0 Å². The van der Waals surface area contributed by atoms with Gasteiger partial charge < -0.3 is 0 Å².